The Morgan fingerprint density at radius 1 is 0.941 bits per heavy atom. The first-order valence-electron chi connectivity index (χ1n) is 5.21. The molecule has 104 valence electrons. The Kier molecular flexibility index (Phi) is 4.90. The van der Waals surface area contributed by atoms with Gasteiger partial charge in [0.1, 0.15) is 0 Å². The van der Waals surface area contributed by atoms with Crippen molar-refractivity contribution in [3.63, 3.8) is 0 Å². The first-order valence-corrected chi connectivity index (χ1v) is 5.21. The Morgan fingerprint density at radius 3 is 1.59 bits per heavy atom. The molecule has 0 N–H and O–H groups in total. The fourth-order valence-corrected chi connectivity index (χ4v) is 1.07. The van der Waals surface area contributed by atoms with Crippen LogP contribution in [0.2, 0.25) is 0 Å². The Hall–Kier alpha value is -0.460. The second kappa shape index (κ2) is 5.04. The van der Waals surface area contributed by atoms with Gasteiger partial charge in [-0.1, -0.05) is 20.8 Å². The molecule has 17 heavy (non-hydrogen) atoms. The minimum absolute atomic E-state index is 0.00404. The minimum atomic E-state index is -5.79. The molecule has 2 atom stereocenters. The summed E-state index contributed by atoms with van der Waals surface area (Å²) in [6.45, 7) is 4.13. The lowest BCUT2D eigenvalue weighted by Gasteiger charge is -2.38. The number of rotatable bonds is 5. The van der Waals surface area contributed by atoms with Gasteiger partial charge in [0.25, 0.3) is 0 Å². The SMILES string of the molecule is CCC(C)OC(F)(C(F)(F)F)C(F)(F)C(C)C. The summed E-state index contributed by atoms with van der Waals surface area (Å²) < 4.78 is 81.8. The molecule has 0 spiro atoms. The van der Waals surface area contributed by atoms with Crippen LogP contribution in [0.3, 0.4) is 0 Å². The maximum atomic E-state index is 13.7. The maximum absolute atomic E-state index is 13.7. The Balaban J connectivity index is 5.41. The molecule has 0 saturated heterocycles. The average Bonchev–Trinajstić information content (AvgIpc) is 2.15. The van der Waals surface area contributed by atoms with Crippen LogP contribution in [-0.4, -0.2) is 24.1 Å². The molecular weight excluding hydrogens is 250 g/mol. The Labute approximate surface area is 96.1 Å². The van der Waals surface area contributed by atoms with Crippen LogP contribution < -0.4 is 0 Å². The Morgan fingerprint density at radius 2 is 1.35 bits per heavy atom. The van der Waals surface area contributed by atoms with Crippen LogP contribution in [-0.2, 0) is 4.74 Å². The van der Waals surface area contributed by atoms with E-state index < -0.39 is 30.0 Å². The number of alkyl halides is 6. The third-order valence-electron chi connectivity index (χ3n) is 2.46. The first-order chi connectivity index (χ1) is 7.40. The summed E-state index contributed by atoms with van der Waals surface area (Å²) in [5.41, 5.74) is 0. The standard InChI is InChI=1S/C10H16F6O/c1-5-7(4)17-9(13,10(14,15)16)8(11,12)6(2)3/h6-7H,5H2,1-4H3. The summed E-state index contributed by atoms with van der Waals surface area (Å²) in [6, 6.07) is 0. The molecule has 0 aliphatic heterocycles. The van der Waals surface area contributed by atoms with Crippen molar-refractivity contribution in [1.82, 2.24) is 0 Å². The molecule has 1 nitrogen and oxygen atoms in total. The highest BCUT2D eigenvalue weighted by Crippen LogP contribution is 2.50. The van der Waals surface area contributed by atoms with Crippen molar-refractivity contribution in [3.8, 4) is 0 Å². The van der Waals surface area contributed by atoms with Gasteiger partial charge in [-0.3, -0.25) is 0 Å². The zero-order chi connectivity index (χ0) is 14.1. The zero-order valence-corrected chi connectivity index (χ0v) is 10.0. The molecule has 0 aliphatic carbocycles. The summed E-state index contributed by atoms with van der Waals surface area (Å²) in [4.78, 5) is 0. The molecule has 0 aromatic rings. The Bertz CT molecular complexity index is 250. The molecule has 0 radical (unpaired) electrons. The molecule has 0 aromatic carbocycles. The van der Waals surface area contributed by atoms with E-state index in [1.54, 1.807) is 0 Å². The minimum Gasteiger partial charge on any atom is -0.331 e. The van der Waals surface area contributed by atoms with Gasteiger partial charge in [0, 0.05) is 5.92 Å². The first kappa shape index (κ1) is 16.5. The molecule has 2 unspecified atom stereocenters. The van der Waals surface area contributed by atoms with Crippen molar-refractivity contribution < 1.29 is 31.1 Å². The lowest BCUT2D eigenvalue weighted by molar-refractivity contribution is -0.416. The predicted molar refractivity (Wildman–Crippen MR) is 50.5 cm³/mol. The van der Waals surface area contributed by atoms with E-state index in [-0.39, 0.29) is 6.42 Å². The summed E-state index contributed by atoms with van der Waals surface area (Å²) in [5.74, 6) is -11.4. The van der Waals surface area contributed by atoms with E-state index in [4.69, 9.17) is 0 Å². The smallest absolute Gasteiger partial charge is 0.331 e. The normalized spacial score (nSPS) is 19.2. The van der Waals surface area contributed by atoms with Crippen molar-refractivity contribution in [2.75, 3.05) is 0 Å². The average molecular weight is 266 g/mol. The lowest BCUT2D eigenvalue weighted by Crippen LogP contribution is -2.60. The van der Waals surface area contributed by atoms with E-state index in [1.807, 2.05) is 0 Å². The van der Waals surface area contributed by atoms with Crippen LogP contribution in [0.1, 0.15) is 34.1 Å². The number of hydrogen-bond acceptors (Lipinski definition) is 1. The van der Waals surface area contributed by atoms with E-state index in [0.29, 0.717) is 0 Å². The van der Waals surface area contributed by atoms with Gasteiger partial charge >= 0.3 is 18.0 Å². The fourth-order valence-electron chi connectivity index (χ4n) is 1.07. The zero-order valence-electron chi connectivity index (χ0n) is 10.0. The number of halogens is 6. The molecular formula is C10H16F6O. The van der Waals surface area contributed by atoms with Crippen LogP contribution in [0, 0.1) is 5.92 Å². The second-order valence-corrected chi connectivity index (χ2v) is 4.21. The molecule has 0 amide bonds. The third-order valence-corrected chi connectivity index (χ3v) is 2.46. The maximum Gasteiger partial charge on any atom is 0.454 e. The van der Waals surface area contributed by atoms with Crippen LogP contribution in [0.25, 0.3) is 0 Å². The van der Waals surface area contributed by atoms with Gasteiger partial charge < -0.3 is 4.74 Å². The largest absolute Gasteiger partial charge is 0.454 e. The van der Waals surface area contributed by atoms with Crippen molar-refractivity contribution in [2.24, 2.45) is 5.92 Å². The van der Waals surface area contributed by atoms with Gasteiger partial charge in [0.15, 0.2) is 0 Å². The van der Waals surface area contributed by atoms with Crippen LogP contribution in [0.5, 0.6) is 0 Å². The van der Waals surface area contributed by atoms with Crippen LogP contribution >= 0.6 is 0 Å². The molecule has 0 fully saturated rings. The molecule has 7 heteroatoms. The van der Waals surface area contributed by atoms with Crippen molar-refractivity contribution in [3.05, 3.63) is 0 Å². The number of hydrogen-bond donors (Lipinski definition) is 0. The third kappa shape index (κ3) is 3.05. The van der Waals surface area contributed by atoms with Gasteiger partial charge in [-0.2, -0.15) is 26.3 Å². The van der Waals surface area contributed by atoms with Gasteiger partial charge in [-0.25, -0.2) is 0 Å². The van der Waals surface area contributed by atoms with Gasteiger partial charge in [0.2, 0.25) is 0 Å². The van der Waals surface area contributed by atoms with E-state index in [2.05, 4.69) is 4.74 Å². The van der Waals surface area contributed by atoms with Gasteiger partial charge in [-0.15, -0.1) is 0 Å². The second-order valence-electron chi connectivity index (χ2n) is 4.21. The predicted octanol–water partition coefficient (Wildman–Crippen LogP) is 4.32. The monoisotopic (exact) mass is 266 g/mol. The van der Waals surface area contributed by atoms with Crippen molar-refractivity contribution >= 4 is 0 Å². The van der Waals surface area contributed by atoms with Gasteiger partial charge in [0.05, 0.1) is 6.10 Å². The highest BCUT2D eigenvalue weighted by molar-refractivity contribution is 4.94. The summed E-state index contributed by atoms with van der Waals surface area (Å²) in [6.07, 6.45) is -7.05. The molecule has 0 aromatic heterocycles. The van der Waals surface area contributed by atoms with E-state index >= 15 is 0 Å². The molecule has 0 rings (SSSR count). The van der Waals surface area contributed by atoms with Crippen LogP contribution in [0.15, 0.2) is 0 Å². The molecule has 0 bridgehead atoms. The molecule has 0 heterocycles. The summed E-state index contributed by atoms with van der Waals surface area (Å²) >= 11 is 0. The lowest BCUT2D eigenvalue weighted by atomic mass is 9.97. The van der Waals surface area contributed by atoms with Gasteiger partial charge in [-0.05, 0) is 13.3 Å². The highest BCUT2D eigenvalue weighted by atomic mass is 19.4. The fraction of sp³-hybridized carbons (Fsp3) is 1.00. The van der Waals surface area contributed by atoms with Crippen molar-refractivity contribution in [1.29, 1.82) is 0 Å². The topological polar surface area (TPSA) is 9.23 Å². The summed E-state index contributed by atoms with van der Waals surface area (Å²) in [5, 5.41) is 0. The van der Waals surface area contributed by atoms with E-state index in [9.17, 15) is 26.3 Å². The van der Waals surface area contributed by atoms with Crippen molar-refractivity contribution in [2.45, 2.75) is 58.2 Å². The van der Waals surface area contributed by atoms with Crippen LogP contribution in [0.4, 0.5) is 26.3 Å². The molecule has 0 saturated carbocycles. The summed E-state index contributed by atoms with van der Waals surface area (Å²) in [7, 11) is 0. The van der Waals surface area contributed by atoms with E-state index in [0.717, 1.165) is 20.8 Å². The molecule has 0 aliphatic rings. The highest BCUT2D eigenvalue weighted by Gasteiger charge is 2.74. The van der Waals surface area contributed by atoms with E-state index in [1.165, 1.54) is 6.92 Å². The number of ether oxygens (including phenoxy) is 1. The quantitative estimate of drug-likeness (QED) is 0.673.